The summed E-state index contributed by atoms with van der Waals surface area (Å²) in [5, 5.41) is 10.1. The molecular weight excluding hydrogens is 316 g/mol. The summed E-state index contributed by atoms with van der Waals surface area (Å²) in [7, 11) is -2.29. The highest BCUT2D eigenvalue weighted by Crippen LogP contribution is 2.21. The summed E-state index contributed by atoms with van der Waals surface area (Å²) in [5.41, 5.74) is 0. The summed E-state index contributed by atoms with van der Waals surface area (Å²) in [6, 6.07) is 1.12. The maximum atomic E-state index is 12.4. The number of carbonyl (C=O) groups excluding carboxylic acids is 1. The molecule has 0 radical (unpaired) electrons. The molecule has 0 atom stereocenters. The SMILES string of the molecule is CNS(=O)(=O)c1csc(C(=O)N(CCC(=O)O)C(C)C)c1. The zero-order valence-electron chi connectivity index (χ0n) is 12.0. The van der Waals surface area contributed by atoms with Crippen LogP contribution in [0.25, 0.3) is 0 Å². The largest absolute Gasteiger partial charge is 0.481 e. The standard InChI is InChI=1S/C12H18N2O5S2/c1-8(2)14(5-4-11(15)16)12(17)10-6-9(7-20-10)21(18,19)13-3/h6-8,13H,4-5H2,1-3H3,(H,15,16). The molecule has 118 valence electrons. The molecule has 1 heterocycles. The number of carbonyl (C=O) groups is 2. The van der Waals surface area contributed by atoms with Crippen molar-refractivity contribution >= 4 is 33.2 Å². The third kappa shape index (κ3) is 4.51. The van der Waals surface area contributed by atoms with E-state index in [2.05, 4.69) is 4.72 Å². The lowest BCUT2D eigenvalue weighted by molar-refractivity contribution is -0.137. The first-order chi connectivity index (χ1) is 9.69. The van der Waals surface area contributed by atoms with Crippen molar-refractivity contribution in [3.63, 3.8) is 0 Å². The van der Waals surface area contributed by atoms with E-state index in [9.17, 15) is 18.0 Å². The number of hydrogen-bond donors (Lipinski definition) is 2. The number of nitrogens with zero attached hydrogens (tertiary/aromatic N) is 1. The Bertz CT molecular complexity index is 621. The smallest absolute Gasteiger partial charge is 0.305 e. The van der Waals surface area contributed by atoms with E-state index in [1.54, 1.807) is 13.8 Å². The summed E-state index contributed by atoms with van der Waals surface area (Å²) in [6.45, 7) is 3.63. The van der Waals surface area contributed by atoms with Crippen LogP contribution in [0.3, 0.4) is 0 Å². The van der Waals surface area contributed by atoms with E-state index < -0.39 is 16.0 Å². The highest BCUT2D eigenvalue weighted by atomic mass is 32.2. The van der Waals surface area contributed by atoms with Gasteiger partial charge in [-0.05, 0) is 27.0 Å². The predicted octanol–water partition coefficient (Wildman–Crippen LogP) is 0.981. The number of carboxylic acids is 1. The Labute approximate surface area is 127 Å². The number of rotatable bonds is 7. The van der Waals surface area contributed by atoms with Crippen molar-refractivity contribution in [2.24, 2.45) is 0 Å². The molecule has 0 saturated carbocycles. The average molecular weight is 334 g/mol. The quantitative estimate of drug-likeness (QED) is 0.773. The molecule has 0 aromatic carbocycles. The maximum absolute atomic E-state index is 12.4. The Morgan fingerprint density at radius 1 is 1.43 bits per heavy atom. The lowest BCUT2D eigenvalue weighted by atomic mass is 10.2. The van der Waals surface area contributed by atoms with Crippen LogP contribution >= 0.6 is 11.3 Å². The third-order valence-corrected chi connectivity index (χ3v) is 5.28. The summed E-state index contributed by atoms with van der Waals surface area (Å²) in [5.74, 6) is -1.35. The average Bonchev–Trinajstić information content (AvgIpc) is 2.88. The molecule has 1 amide bonds. The molecule has 0 aliphatic rings. The Kier molecular flexibility index (Phi) is 5.87. The third-order valence-electron chi connectivity index (χ3n) is 2.82. The zero-order chi connectivity index (χ0) is 16.2. The fourth-order valence-corrected chi connectivity index (χ4v) is 3.60. The molecule has 0 spiro atoms. The first-order valence-corrected chi connectivity index (χ1v) is 8.60. The van der Waals surface area contributed by atoms with Crippen LogP contribution in [0.5, 0.6) is 0 Å². The van der Waals surface area contributed by atoms with Gasteiger partial charge in [-0.15, -0.1) is 11.3 Å². The van der Waals surface area contributed by atoms with E-state index >= 15 is 0 Å². The molecular formula is C12H18N2O5S2. The number of aliphatic carboxylic acids is 1. The number of thiophene rings is 1. The van der Waals surface area contributed by atoms with Gasteiger partial charge in [0, 0.05) is 18.0 Å². The van der Waals surface area contributed by atoms with Crippen LogP contribution in [-0.2, 0) is 14.8 Å². The van der Waals surface area contributed by atoms with Crippen molar-refractivity contribution in [3.05, 3.63) is 16.3 Å². The van der Waals surface area contributed by atoms with Crippen molar-refractivity contribution < 1.29 is 23.1 Å². The van der Waals surface area contributed by atoms with Crippen molar-refractivity contribution in [2.75, 3.05) is 13.6 Å². The van der Waals surface area contributed by atoms with Crippen LogP contribution in [0.4, 0.5) is 0 Å². The lowest BCUT2D eigenvalue weighted by Gasteiger charge is -2.25. The van der Waals surface area contributed by atoms with E-state index in [1.165, 1.54) is 23.4 Å². The van der Waals surface area contributed by atoms with Gasteiger partial charge >= 0.3 is 5.97 Å². The van der Waals surface area contributed by atoms with E-state index in [4.69, 9.17) is 5.11 Å². The van der Waals surface area contributed by atoms with Crippen LogP contribution in [0.2, 0.25) is 0 Å². The van der Waals surface area contributed by atoms with Crippen LogP contribution in [0.1, 0.15) is 29.9 Å². The molecule has 2 N–H and O–H groups in total. The van der Waals surface area contributed by atoms with Gasteiger partial charge in [-0.3, -0.25) is 9.59 Å². The number of amides is 1. The van der Waals surface area contributed by atoms with Crippen molar-refractivity contribution in [2.45, 2.75) is 31.2 Å². The summed E-state index contributed by atoms with van der Waals surface area (Å²) < 4.78 is 25.5. The van der Waals surface area contributed by atoms with Gasteiger partial charge in [0.25, 0.3) is 5.91 Å². The van der Waals surface area contributed by atoms with Crippen LogP contribution in [0.15, 0.2) is 16.3 Å². The molecule has 1 aromatic heterocycles. The van der Waals surface area contributed by atoms with E-state index in [0.717, 1.165) is 11.3 Å². The van der Waals surface area contributed by atoms with Gasteiger partial charge in [-0.25, -0.2) is 13.1 Å². The predicted molar refractivity (Wildman–Crippen MR) is 79.0 cm³/mol. The van der Waals surface area contributed by atoms with Gasteiger partial charge in [0.1, 0.15) is 0 Å². The topological polar surface area (TPSA) is 104 Å². The van der Waals surface area contributed by atoms with E-state index in [1.807, 2.05) is 0 Å². The maximum Gasteiger partial charge on any atom is 0.305 e. The van der Waals surface area contributed by atoms with Crippen LogP contribution in [0, 0.1) is 0 Å². The van der Waals surface area contributed by atoms with Gasteiger partial charge in [0.05, 0.1) is 16.2 Å². The Morgan fingerprint density at radius 3 is 2.52 bits per heavy atom. The molecule has 1 rings (SSSR count). The van der Waals surface area contributed by atoms with Crippen molar-refractivity contribution in [3.8, 4) is 0 Å². The van der Waals surface area contributed by atoms with E-state index in [-0.39, 0.29) is 34.7 Å². The normalized spacial score (nSPS) is 11.6. The molecule has 7 nitrogen and oxygen atoms in total. The Hall–Kier alpha value is -1.45. The highest BCUT2D eigenvalue weighted by molar-refractivity contribution is 7.89. The fourth-order valence-electron chi connectivity index (χ4n) is 1.64. The molecule has 0 unspecified atom stereocenters. The fraction of sp³-hybridized carbons (Fsp3) is 0.500. The number of nitrogens with one attached hydrogen (secondary N) is 1. The van der Waals surface area contributed by atoms with Gasteiger partial charge in [0.15, 0.2) is 0 Å². The summed E-state index contributed by atoms with van der Waals surface area (Å²) in [6.07, 6.45) is -0.156. The number of sulfonamides is 1. The molecule has 0 saturated heterocycles. The van der Waals surface area contributed by atoms with Gasteiger partial charge in [-0.1, -0.05) is 0 Å². The lowest BCUT2D eigenvalue weighted by Crippen LogP contribution is -2.38. The molecule has 9 heteroatoms. The molecule has 1 aromatic rings. The number of hydrogen-bond acceptors (Lipinski definition) is 5. The monoisotopic (exact) mass is 334 g/mol. The molecule has 0 bridgehead atoms. The second-order valence-corrected chi connectivity index (χ2v) is 7.39. The van der Waals surface area contributed by atoms with E-state index in [0.29, 0.717) is 0 Å². The number of carboxylic acid groups (broad SMARTS) is 1. The zero-order valence-corrected chi connectivity index (χ0v) is 13.6. The van der Waals surface area contributed by atoms with Crippen LogP contribution < -0.4 is 4.72 Å². The molecule has 21 heavy (non-hydrogen) atoms. The van der Waals surface area contributed by atoms with Crippen molar-refractivity contribution in [1.29, 1.82) is 0 Å². The van der Waals surface area contributed by atoms with Gasteiger partial charge in [-0.2, -0.15) is 0 Å². The second-order valence-electron chi connectivity index (χ2n) is 4.59. The van der Waals surface area contributed by atoms with Gasteiger partial charge < -0.3 is 10.0 Å². The second kappa shape index (κ2) is 7.01. The summed E-state index contributed by atoms with van der Waals surface area (Å²) in [4.78, 5) is 24.7. The minimum Gasteiger partial charge on any atom is -0.481 e. The highest BCUT2D eigenvalue weighted by Gasteiger charge is 2.23. The molecule has 0 aliphatic carbocycles. The van der Waals surface area contributed by atoms with Gasteiger partial charge in [0.2, 0.25) is 10.0 Å². The minimum absolute atomic E-state index is 0.0280. The molecule has 0 fully saturated rings. The van der Waals surface area contributed by atoms with Crippen LogP contribution in [-0.4, -0.2) is 49.9 Å². The Morgan fingerprint density at radius 2 is 2.05 bits per heavy atom. The summed E-state index contributed by atoms with van der Waals surface area (Å²) >= 11 is 1.02. The molecule has 0 aliphatic heterocycles. The minimum atomic E-state index is -3.59. The Balaban J connectivity index is 2.97. The first kappa shape index (κ1) is 17.6. The first-order valence-electron chi connectivity index (χ1n) is 6.24. The van der Waals surface area contributed by atoms with Crippen molar-refractivity contribution in [1.82, 2.24) is 9.62 Å².